The largest absolute Gasteiger partial charge is 0.295 e. The lowest BCUT2D eigenvalue weighted by atomic mass is 10.1. The van der Waals surface area contributed by atoms with Crippen LogP contribution in [-0.2, 0) is 0 Å². The summed E-state index contributed by atoms with van der Waals surface area (Å²) in [4.78, 5) is 17.2. The maximum absolute atomic E-state index is 12.9. The number of halogens is 2. The number of rotatable bonds is 4. The second-order valence-corrected chi connectivity index (χ2v) is 8.63. The highest BCUT2D eigenvalue weighted by molar-refractivity contribution is 7.18. The molecule has 4 aromatic rings. The average Bonchev–Trinajstić information content (AvgIpc) is 3.27. The number of benzene rings is 2. The van der Waals surface area contributed by atoms with Crippen LogP contribution in [0.5, 0.6) is 0 Å². The number of nitrogens with zero attached hydrogens (tertiary/aromatic N) is 4. The van der Waals surface area contributed by atoms with Gasteiger partial charge in [0.05, 0.1) is 16.3 Å². The quantitative estimate of drug-likeness (QED) is 0.401. The van der Waals surface area contributed by atoms with Crippen LogP contribution in [0.1, 0.15) is 22.4 Å². The topological polar surface area (TPSA) is 75.9 Å². The third-order valence-corrected chi connectivity index (χ3v) is 6.16. The van der Waals surface area contributed by atoms with Crippen LogP contribution in [0.3, 0.4) is 0 Å². The number of aliphatic imine (C=N–C) groups is 1. The molecule has 9 heteroatoms. The summed E-state index contributed by atoms with van der Waals surface area (Å²) in [7, 11) is 0. The molecule has 1 N–H and O–H groups in total. The van der Waals surface area contributed by atoms with Gasteiger partial charge in [0.1, 0.15) is 0 Å². The fourth-order valence-electron chi connectivity index (χ4n) is 2.92. The molecule has 0 fully saturated rings. The van der Waals surface area contributed by atoms with Gasteiger partial charge in [0.2, 0.25) is 5.13 Å². The maximum Gasteiger partial charge on any atom is 0.280 e. The van der Waals surface area contributed by atoms with Gasteiger partial charge in [-0.2, -0.15) is 0 Å². The minimum absolute atomic E-state index is 0.176. The zero-order chi connectivity index (χ0) is 21.4. The summed E-state index contributed by atoms with van der Waals surface area (Å²) in [6, 6.07) is 11.1. The third kappa shape index (κ3) is 3.96. The molecule has 0 aliphatic heterocycles. The van der Waals surface area contributed by atoms with Crippen molar-refractivity contribution in [3.8, 4) is 16.3 Å². The molecule has 30 heavy (non-hydrogen) atoms. The summed E-state index contributed by atoms with van der Waals surface area (Å²) in [6.07, 6.45) is 1.51. The SMILES string of the molecule is Cc1ccc(-n2[nH]c(C)c(/C=N/c3nnc(-c4ccc(Cl)cc4Cl)s3)c2=O)cc1C. The Bertz CT molecular complexity index is 1340. The van der Waals surface area contributed by atoms with Crippen LogP contribution in [0.4, 0.5) is 5.13 Å². The Morgan fingerprint density at radius 2 is 1.87 bits per heavy atom. The van der Waals surface area contributed by atoms with Gasteiger partial charge >= 0.3 is 0 Å². The van der Waals surface area contributed by atoms with Gasteiger partial charge in [0.25, 0.3) is 5.56 Å². The molecule has 0 spiro atoms. The molecule has 0 bridgehead atoms. The molecular weight excluding hydrogens is 441 g/mol. The number of H-pyrrole nitrogens is 1. The Labute approximate surface area is 186 Å². The fourth-order valence-corrected chi connectivity index (χ4v) is 4.20. The summed E-state index contributed by atoms with van der Waals surface area (Å²) >= 11 is 13.5. The number of hydrogen-bond acceptors (Lipinski definition) is 5. The van der Waals surface area contributed by atoms with E-state index in [4.69, 9.17) is 23.2 Å². The van der Waals surface area contributed by atoms with Gasteiger partial charge in [-0.1, -0.05) is 40.6 Å². The molecule has 0 radical (unpaired) electrons. The van der Waals surface area contributed by atoms with Gasteiger partial charge in [-0.3, -0.25) is 9.89 Å². The lowest BCUT2D eigenvalue weighted by molar-refractivity contribution is 0.833. The van der Waals surface area contributed by atoms with Crippen molar-refractivity contribution >= 4 is 45.9 Å². The van der Waals surface area contributed by atoms with E-state index in [2.05, 4.69) is 20.3 Å². The van der Waals surface area contributed by atoms with Crippen molar-refractivity contribution in [3.63, 3.8) is 0 Å². The first-order valence-electron chi connectivity index (χ1n) is 9.05. The predicted octanol–water partition coefficient (Wildman–Crippen LogP) is 5.67. The molecule has 0 saturated carbocycles. The van der Waals surface area contributed by atoms with E-state index >= 15 is 0 Å². The molecule has 0 saturated heterocycles. The van der Waals surface area contributed by atoms with Crippen LogP contribution in [-0.4, -0.2) is 26.2 Å². The summed E-state index contributed by atoms with van der Waals surface area (Å²) in [5.74, 6) is 0. The summed E-state index contributed by atoms with van der Waals surface area (Å²) in [6.45, 7) is 5.88. The zero-order valence-electron chi connectivity index (χ0n) is 16.4. The maximum atomic E-state index is 12.9. The van der Waals surface area contributed by atoms with Crippen molar-refractivity contribution in [2.75, 3.05) is 0 Å². The van der Waals surface area contributed by atoms with Crippen LogP contribution >= 0.6 is 34.5 Å². The molecule has 6 nitrogen and oxygen atoms in total. The van der Waals surface area contributed by atoms with Gasteiger partial charge < -0.3 is 0 Å². The van der Waals surface area contributed by atoms with Gasteiger partial charge in [0, 0.05) is 22.5 Å². The monoisotopic (exact) mass is 457 g/mol. The Balaban J connectivity index is 1.64. The second kappa shape index (κ2) is 8.18. The van der Waals surface area contributed by atoms with Gasteiger partial charge in [0.15, 0.2) is 5.01 Å². The number of aryl methyl sites for hydroxylation is 3. The highest BCUT2D eigenvalue weighted by Crippen LogP contribution is 2.34. The molecule has 0 aliphatic carbocycles. The number of aromatic amines is 1. The normalized spacial score (nSPS) is 11.5. The number of hydrogen-bond donors (Lipinski definition) is 1. The van der Waals surface area contributed by atoms with Crippen LogP contribution in [0.25, 0.3) is 16.3 Å². The zero-order valence-corrected chi connectivity index (χ0v) is 18.7. The molecule has 0 amide bonds. The van der Waals surface area contributed by atoms with E-state index in [0.29, 0.717) is 31.4 Å². The molecule has 0 unspecified atom stereocenters. The van der Waals surface area contributed by atoms with Crippen molar-refractivity contribution in [1.29, 1.82) is 0 Å². The molecular formula is C21H17Cl2N5OS. The lowest BCUT2D eigenvalue weighted by Gasteiger charge is -2.05. The Kier molecular flexibility index (Phi) is 5.60. The first-order valence-corrected chi connectivity index (χ1v) is 10.6. The van der Waals surface area contributed by atoms with E-state index in [9.17, 15) is 4.79 Å². The molecule has 2 heterocycles. The van der Waals surface area contributed by atoms with E-state index in [1.54, 1.807) is 18.2 Å². The summed E-state index contributed by atoms with van der Waals surface area (Å²) < 4.78 is 1.52. The molecule has 152 valence electrons. The second-order valence-electron chi connectivity index (χ2n) is 6.83. The van der Waals surface area contributed by atoms with Crippen LogP contribution in [0, 0.1) is 20.8 Å². The third-order valence-electron chi connectivity index (χ3n) is 4.75. The standard InChI is InChI=1S/C21H17Cl2N5OS/c1-11-4-6-15(8-12(11)2)28-20(29)17(13(3)27-28)10-24-21-26-25-19(30-21)16-7-5-14(22)9-18(16)23/h4-10,27H,1-3H3/b24-10+. The van der Waals surface area contributed by atoms with Crippen molar-refractivity contribution < 1.29 is 0 Å². The van der Waals surface area contributed by atoms with Gasteiger partial charge in [-0.05, 0) is 62.2 Å². The molecule has 2 aromatic carbocycles. The number of aromatic nitrogens is 4. The van der Waals surface area contributed by atoms with Crippen LogP contribution in [0.2, 0.25) is 10.0 Å². The molecule has 0 aliphatic rings. The minimum Gasteiger partial charge on any atom is -0.295 e. The molecule has 2 aromatic heterocycles. The molecule has 4 rings (SSSR count). The minimum atomic E-state index is -0.176. The number of nitrogens with one attached hydrogen (secondary N) is 1. The molecule has 0 atom stereocenters. The van der Waals surface area contributed by atoms with Crippen molar-refractivity contribution in [2.45, 2.75) is 20.8 Å². The first-order chi connectivity index (χ1) is 14.3. The van der Waals surface area contributed by atoms with E-state index < -0.39 is 0 Å². The van der Waals surface area contributed by atoms with E-state index in [1.807, 2.05) is 39.0 Å². The smallest absolute Gasteiger partial charge is 0.280 e. The van der Waals surface area contributed by atoms with E-state index in [1.165, 1.54) is 27.8 Å². The average molecular weight is 458 g/mol. The van der Waals surface area contributed by atoms with Crippen molar-refractivity contribution in [3.05, 3.63) is 79.2 Å². The van der Waals surface area contributed by atoms with Crippen LogP contribution < -0.4 is 5.56 Å². The highest BCUT2D eigenvalue weighted by atomic mass is 35.5. The Morgan fingerprint density at radius 1 is 1.07 bits per heavy atom. The van der Waals surface area contributed by atoms with Gasteiger partial charge in [-0.25, -0.2) is 9.67 Å². The van der Waals surface area contributed by atoms with E-state index in [-0.39, 0.29) is 5.56 Å². The van der Waals surface area contributed by atoms with Gasteiger partial charge in [-0.15, -0.1) is 10.2 Å². The summed E-state index contributed by atoms with van der Waals surface area (Å²) in [5, 5.41) is 13.4. The Morgan fingerprint density at radius 3 is 2.60 bits per heavy atom. The fraction of sp³-hybridized carbons (Fsp3) is 0.143. The predicted molar refractivity (Wildman–Crippen MR) is 123 cm³/mol. The highest BCUT2D eigenvalue weighted by Gasteiger charge is 2.13. The van der Waals surface area contributed by atoms with Crippen molar-refractivity contribution in [2.24, 2.45) is 4.99 Å². The van der Waals surface area contributed by atoms with E-state index in [0.717, 1.165) is 16.8 Å². The Hall–Kier alpha value is -2.74. The first kappa shape index (κ1) is 20.5. The summed E-state index contributed by atoms with van der Waals surface area (Å²) in [5.41, 5.74) is 4.80. The lowest BCUT2D eigenvalue weighted by Crippen LogP contribution is -2.17. The van der Waals surface area contributed by atoms with Crippen LogP contribution in [0.15, 0.2) is 46.2 Å². The van der Waals surface area contributed by atoms with Crippen molar-refractivity contribution in [1.82, 2.24) is 20.0 Å².